The van der Waals surface area contributed by atoms with Gasteiger partial charge in [0.1, 0.15) is 0 Å². The van der Waals surface area contributed by atoms with E-state index in [0.29, 0.717) is 17.8 Å². The smallest absolute Gasteiger partial charge is 0.303 e. The molecule has 0 aliphatic rings. The number of aliphatic carboxylic acids is 1. The summed E-state index contributed by atoms with van der Waals surface area (Å²) in [5, 5.41) is 11.2. The molecule has 0 unspecified atom stereocenters. The monoisotopic (exact) mass is 251 g/mol. The maximum absolute atomic E-state index is 11.6. The summed E-state index contributed by atoms with van der Waals surface area (Å²) >= 11 is 0. The van der Waals surface area contributed by atoms with Crippen LogP contribution in [0.1, 0.15) is 24.8 Å². The van der Waals surface area contributed by atoms with Crippen LogP contribution in [-0.2, 0) is 16.1 Å². The van der Waals surface area contributed by atoms with Gasteiger partial charge in [-0.15, -0.1) is 0 Å². The molecule has 18 heavy (non-hydrogen) atoms. The number of carbonyl (C=O) groups excluding carboxylic acids is 1. The van der Waals surface area contributed by atoms with Gasteiger partial charge in [0, 0.05) is 30.8 Å². The van der Waals surface area contributed by atoms with E-state index < -0.39 is 5.97 Å². The molecule has 6 nitrogen and oxygen atoms in total. The number of rotatable bonds is 6. The maximum Gasteiger partial charge on any atom is 0.303 e. The van der Waals surface area contributed by atoms with Crippen molar-refractivity contribution in [2.24, 2.45) is 5.73 Å². The topological polar surface area (TPSA) is 118 Å². The average molecular weight is 251 g/mol. The molecule has 0 saturated carbocycles. The third-order valence-corrected chi connectivity index (χ3v) is 2.42. The fraction of sp³-hybridized carbons (Fsp3) is 0.333. The summed E-state index contributed by atoms with van der Waals surface area (Å²) < 4.78 is 0. The van der Waals surface area contributed by atoms with E-state index in [0.717, 1.165) is 5.56 Å². The molecule has 1 aromatic carbocycles. The molecular formula is C12H17N3O3. The number of hydrogen-bond donors (Lipinski definition) is 4. The zero-order valence-corrected chi connectivity index (χ0v) is 9.98. The highest BCUT2D eigenvalue weighted by Crippen LogP contribution is 2.18. The van der Waals surface area contributed by atoms with Crippen LogP contribution in [0, 0.1) is 0 Å². The van der Waals surface area contributed by atoms with Crippen LogP contribution in [0.2, 0.25) is 0 Å². The molecule has 0 heterocycles. The number of carboxylic acid groups (broad SMARTS) is 1. The SMILES string of the molecule is NCc1cc(N)ccc1NC(=O)CCCC(=O)O. The first kappa shape index (κ1) is 14.0. The minimum atomic E-state index is -0.905. The molecule has 1 aromatic rings. The predicted octanol–water partition coefficient (Wildman–Crippen LogP) is 0.921. The van der Waals surface area contributed by atoms with Crippen LogP contribution in [0.15, 0.2) is 18.2 Å². The summed E-state index contributed by atoms with van der Waals surface area (Å²) in [5.74, 6) is -1.13. The Labute approximate surface area is 105 Å². The first-order valence-corrected chi connectivity index (χ1v) is 5.63. The van der Waals surface area contributed by atoms with E-state index in [1.165, 1.54) is 0 Å². The van der Waals surface area contributed by atoms with Gasteiger partial charge in [-0.25, -0.2) is 0 Å². The lowest BCUT2D eigenvalue weighted by molar-refractivity contribution is -0.137. The molecule has 0 radical (unpaired) electrons. The second-order valence-corrected chi connectivity index (χ2v) is 3.92. The molecule has 6 N–H and O–H groups in total. The number of carbonyl (C=O) groups is 2. The average Bonchev–Trinajstić information content (AvgIpc) is 2.31. The fourth-order valence-electron chi connectivity index (χ4n) is 1.52. The molecule has 0 aliphatic heterocycles. The predicted molar refractivity (Wildman–Crippen MR) is 68.9 cm³/mol. The van der Waals surface area contributed by atoms with Crippen LogP contribution >= 0.6 is 0 Å². The van der Waals surface area contributed by atoms with E-state index in [9.17, 15) is 9.59 Å². The molecule has 0 aliphatic carbocycles. The van der Waals surface area contributed by atoms with Gasteiger partial charge in [0.25, 0.3) is 0 Å². The van der Waals surface area contributed by atoms with Crippen LogP contribution in [0.4, 0.5) is 11.4 Å². The van der Waals surface area contributed by atoms with Crippen molar-refractivity contribution < 1.29 is 14.7 Å². The lowest BCUT2D eigenvalue weighted by Crippen LogP contribution is -2.14. The molecule has 98 valence electrons. The number of carboxylic acids is 1. The van der Waals surface area contributed by atoms with Crippen molar-refractivity contribution in [1.29, 1.82) is 0 Å². The number of benzene rings is 1. The Balaban J connectivity index is 2.56. The largest absolute Gasteiger partial charge is 0.481 e. The summed E-state index contributed by atoms with van der Waals surface area (Å²) in [5.41, 5.74) is 13.1. The van der Waals surface area contributed by atoms with Gasteiger partial charge in [-0.2, -0.15) is 0 Å². The Hall–Kier alpha value is -2.08. The lowest BCUT2D eigenvalue weighted by Gasteiger charge is -2.10. The number of hydrogen-bond acceptors (Lipinski definition) is 4. The van der Waals surface area contributed by atoms with E-state index in [4.69, 9.17) is 16.6 Å². The molecular weight excluding hydrogens is 234 g/mol. The van der Waals surface area contributed by atoms with Gasteiger partial charge >= 0.3 is 5.97 Å². The highest BCUT2D eigenvalue weighted by molar-refractivity contribution is 5.91. The molecule has 0 spiro atoms. The number of nitrogens with two attached hydrogens (primary N) is 2. The second kappa shape index (κ2) is 6.61. The number of nitrogens with one attached hydrogen (secondary N) is 1. The van der Waals surface area contributed by atoms with Gasteiger partial charge in [0.15, 0.2) is 0 Å². The van der Waals surface area contributed by atoms with Crippen molar-refractivity contribution >= 4 is 23.3 Å². The highest BCUT2D eigenvalue weighted by Gasteiger charge is 2.07. The van der Waals surface area contributed by atoms with E-state index in [1.54, 1.807) is 18.2 Å². The van der Waals surface area contributed by atoms with Gasteiger partial charge < -0.3 is 21.9 Å². The highest BCUT2D eigenvalue weighted by atomic mass is 16.4. The van der Waals surface area contributed by atoms with Crippen molar-refractivity contribution in [3.8, 4) is 0 Å². The molecule has 1 rings (SSSR count). The van der Waals surface area contributed by atoms with Crippen molar-refractivity contribution in [3.05, 3.63) is 23.8 Å². The molecule has 0 saturated heterocycles. The van der Waals surface area contributed by atoms with Crippen LogP contribution in [0.5, 0.6) is 0 Å². The third-order valence-electron chi connectivity index (χ3n) is 2.42. The first-order valence-electron chi connectivity index (χ1n) is 5.63. The van der Waals surface area contributed by atoms with Gasteiger partial charge in [0.2, 0.25) is 5.91 Å². The van der Waals surface area contributed by atoms with Crippen molar-refractivity contribution in [1.82, 2.24) is 0 Å². The summed E-state index contributed by atoms with van der Waals surface area (Å²) in [6.07, 6.45) is 0.466. The Morgan fingerprint density at radius 1 is 1.28 bits per heavy atom. The zero-order valence-electron chi connectivity index (χ0n) is 9.98. The minimum absolute atomic E-state index is 0.0150. The third kappa shape index (κ3) is 4.42. The molecule has 0 bridgehead atoms. The van der Waals surface area contributed by atoms with Gasteiger partial charge in [0.05, 0.1) is 0 Å². The molecule has 0 fully saturated rings. The van der Waals surface area contributed by atoms with Gasteiger partial charge in [-0.1, -0.05) is 0 Å². The van der Waals surface area contributed by atoms with Crippen molar-refractivity contribution in [3.63, 3.8) is 0 Å². The standard InChI is InChI=1S/C12H17N3O3/c13-7-8-6-9(14)4-5-10(8)15-11(16)2-1-3-12(17)18/h4-6H,1-3,7,13-14H2,(H,15,16)(H,17,18). The number of anilines is 2. The van der Waals surface area contributed by atoms with Crippen molar-refractivity contribution in [2.45, 2.75) is 25.8 Å². The van der Waals surface area contributed by atoms with E-state index in [2.05, 4.69) is 5.32 Å². The molecule has 6 heteroatoms. The van der Waals surface area contributed by atoms with Crippen LogP contribution < -0.4 is 16.8 Å². The number of nitrogen functional groups attached to an aromatic ring is 1. The first-order chi connectivity index (χ1) is 8.52. The van der Waals surface area contributed by atoms with Crippen LogP contribution in [0.25, 0.3) is 0 Å². The minimum Gasteiger partial charge on any atom is -0.481 e. The zero-order chi connectivity index (χ0) is 13.5. The summed E-state index contributed by atoms with van der Waals surface area (Å²) in [6.45, 7) is 0.274. The van der Waals surface area contributed by atoms with Crippen LogP contribution in [0.3, 0.4) is 0 Å². The Morgan fingerprint density at radius 3 is 2.61 bits per heavy atom. The Morgan fingerprint density at radius 2 is 2.00 bits per heavy atom. The summed E-state index contributed by atoms with van der Waals surface area (Å²) in [7, 11) is 0. The van der Waals surface area contributed by atoms with E-state index in [-0.39, 0.29) is 25.3 Å². The van der Waals surface area contributed by atoms with E-state index >= 15 is 0 Å². The lowest BCUT2D eigenvalue weighted by atomic mass is 10.1. The number of amides is 1. The summed E-state index contributed by atoms with van der Waals surface area (Å²) in [4.78, 5) is 21.9. The van der Waals surface area contributed by atoms with Gasteiger partial charge in [-0.05, 0) is 30.2 Å². The van der Waals surface area contributed by atoms with E-state index in [1.807, 2.05) is 0 Å². The normalized spacial score (nSPS) is 10.1. The van der Waals surface area contributed by atoms with Crippen LogP contribution in [-0.4, -0.2) is 17.0 Å². The Kier molecular flexibility index (Phi) is 5.13. The van der Waals surface area contributed by atoms with Crippen molar-refractivity contribution in [2.75, 3.05) is 11.1 Å². The quantitative estimate of drug-likeness (QED) is 0.560. The van der Waals surface area contributed by atoms with Gasteiger partial charge in [-0.3, -0.25) is 9.59 Å². The maximum atomic E-state index is 11.6. The molecule has 1 amide bonds. The summed E-state index contributed by atoms with van der Waals surface area (Å²) in [6, 6.07) is 5.06. The second-order valence-electron chi connectivity index (χ2n) is 3.92. The molecule has 0 atom stereocenters. The molecule has 0 aromatic heterocycles. The Bertz CT molecular complexity index is 446. The fourth-order valence-corrected chi connectivity index (χ4v) is 1.52.